The Morgan fingerprint density at radius 2 is 1.62 bits per heavy atom. The first-order valence-electron chi connectivity index (χ1n) is 8.73. The Morgan fingerprint density at radius 1 is 1.10 bits per heavy atom. The highest BCUT2D eigenvalue weighted by Crippen LogP contribution is 2.68. The summed E-state index contributed by atoms with van der Waals surface area (Å²) in [6.45, 7) is 12.3. The minimum Gasteiger partial charge on any atom is -0.343 e. The number of hydrogen-bond acceptors (Lipinski definition) is 2. The van der Waals surface area contributed by atoms with Crippen LogP contribution in [0.15, 0.2) is 0 Å². The molecular formula is C18H34N2O. The molecule has 3 nitrogen and oxygen atoms in total. The molecule has 2 aliphatic carbocycles. The summed E-state index contributed by atoms with van der Waals surface area (Å²) in [7, 11) is 2.03. The average molecular weight is 294 g/mol. The van der Waals surface area contributed by atoms with E-state index >= 15 is 0 Å². The third kappa shape index (κ3) is 2.99. The van der Waals surface area contributed by atoms with Crippen LogP contribution in [0.4, 0.5) is 0 Å². The van der Waals surface area contributed by atoms with Gasteiger partial charge < -0.3 is 10.2 Å². The molecule has 0 aromatic rings. The van der Waals surface area contributed by atoms with Gasteiger partial charge in [0.05, 0.1) is 0 Å². The van der Waals surface area contributed by atoms with Gasteiger partial charge in [-0.15, -0.1) is 0 Å². The van der Waals surface area contributed by atoms with Crippen molar-refractivity contribution in [2.75, 3.05) is 13.6 Å². The van der Waals surface area contributed by atoms with Crippen LogP contribution < -0.4 is 5.32 Å². The van der Waals surface area contributed by atoms with E-state index in [9.17, 15) is 4.79 Å². The number of nitrogens with one attached hydrogen (secondary N) is 1. The Kier molecular flexibility index (Phi) is 4.72. The van der Waals surface area contributed by atoms with Gasteiger partial charge in [-0.3, -0.25) is 4.79 Å². The third-order valence-corrected chi connectivity index (χ3v) is 6.54. The summed E-state index contributed by atoms with van der Waals surface area (Å²) < 4.78 is 0. The topological polar surface area (TPSA) is 32.3 Å². The predicted octanol–water partition coefficient (Wildman–Crippen LogP) is 3.44. The molecule has 122 valence electrons. The van der Waals surface area contributed by atoms with Crippen molar-refractivity contribution in [2.45, 2.75) is 78.8 Å². The maximum Gasteiger partial charge on any atom is 0.226 e. The molecule has 0 bridgehead atoms. The molecule has 0 aromatic carbocycles. The summed E-state index contributed by atoms with van der Waals surface area (Å²) in [6, 6.07) is 1.11. The van der Waals surface area contributed by atoms with Crippen molar-refractivity contribution in [1.29, 1.82) is 0 Å². The molecule has 0 aliphatic heterocycles. The second-order valence-electron chi connectivity index (χ2n) is 8.29. The van der Waals surface area contributed by atoms with Gasteiger partial charge in [0.15, 0.2) is 0 Å². The van der Waals surface area contributed by atoms with Gasteiger partial charge in [0, 0.05) is 25.0 Å². The van der Waals surface area contributed by atoms with Gasteiger partial charge in [0.1, 0.15) is 0 Å². The molecule has 0 spiro atoms. The molecule has 2 fully saturated rings. The number of carbonyl (C=O) groups is 1. The standard InChI is InChI=1S/C18H34N2O/c1-7-12-19-13-8-10-14(11-9-13)20(6)16(21)15-17(2,3)18(15,4)5/h13-15,19H,7-12H2,1-6H3. The van der Waals surface area contributed by atoms with E-state index in [1.807, 2.05) is 7.05 Å². The summed E-state index contributed by atoms with van der Waals surface area (Å²) in [6.07, 6.45) is 5.91. The van der Waals surface area contributed by atoms with E-state index in [1.54, 1.807) is 0 Å². The van der Waals surface area contributed by atoms with Gasteiger partial charge in [-0.25, -0.2) is 0 Å². The maximum absolute atomic E-state index is 12.8. The first kappa shape index (κ1) is 16.8. The van der Waals surface area contributed by atoms with Crippen molar-refractivity contribution in [1.82, 2.24) is 10.2 Å². The lowest BCUT2D eigenvalue weighted by molar-refractivity contribution is -0.135. The number of nitrogens with zero attached hydrogens (tertiary/aromatic N) is 1. The van der Waals surface area contributed by atoms with Crippen LogP contribution in [0, 0.1) is 16.7 Å². The van der Waals surface area contributed by atoms with Crippen molar-refractivity contribution in [3.63, 3.8) is 0 Å². The zero-order valence-electron chi connectivity index (χ0n) is 14.8. The molecule has 0 heterocycles. The second kappa shape index (κ2) is 5.91. The lowest BCUT2D eigenvalue weighted by atomic mass is 9.90. The minimum atomic E-state index is 0.151. The van der Waals surface area contributed by atoms with E-state index in [2.05, 4.69) is 44.8 Å². The maximum atomic E-state index is 12.8. The monoisotopic (exact) mass is 294 g/mol. The largest absolute Gasteiger partial charge is 0.343 e. The fourth-order valence-electron chi connectivity index (χ4n) is 4.21. The molecule has 0 radical (unpaired) electrons. The zero-order chi connectivity index (χ0) is 15.8. The van der Waals surface area contributed by atoms with Crippen molar-refractivity contribution < 1.29 is 4.79 Å². The van der Waals surface area contributed by atoms with Gasteiger partial charge >= 0.3 is 0 Å². The Balaban J connectivity index is 1.85. The van der Waals surface area contributed by atoms with E-state index in [0.717, 1.165) is 19.4 Å². The summed E-state index contributed by atoms with van der Waals surface area (Å²) in [5.41, 5.74) is 0.302. The molecule has 1 N–H and O–H groups in total. The normalized spacial score (nSPS) is 31.0. The Morgan fingerprint density at radius 3 is 2.05 bits per heavy atom. The van der Waals surface area contributed by atoms with Crippen LogP contribution in [-0.4, -0.2) is 36.5 Å². The van der Waals surface area contributed by atoms with Crippen LogP contribution in [0.25, 0.3) is 0 Å². The third-order valence-electron chi connectivity index (χ3n) is 6.54. The fourth-order valence-corrected chi connectivity index (χ4v) is 4.21. The highest BCUT2D eigenvalue weighted by Gasteiger charge is 2.68. The van der Waals surface area contributed by atoms with Crippen molar-refractivity contribution in [3.05, 3.63) is 0 Å². The van der Waals surface area contributed by atoms with Crippen molar-refractivity contribution in [2.24, 2.45) is 16.7 Å². The Hall–Kier alpha value is -0.570. The van der Waals surface area contributed by atoms with Crippen LogP contribution in [0.1, 0.15) is 66.7 Å². The van der Waals surface area contributed by atoms with E-state index < -0.39 is 0 Å². The molecular weight excluding hydrogens is 260 g/mol. The second-order valence-corrected chi connectivity index (χ2v) is 8.29. The quantitative estimate of drug-likeness (QED) is 0.842. The molecule has 0 atom stereocenters. The van der Waals surface area contributed by atoms with E-state index in [4.69, 9.17) is 0 Å². The van der Waals surface area contributed by atoms with Crippen LogP contribution >= 0.6 is 0 Å². The molecule has 0 unspecified atom stereocenters. The Bertz CT molecular complexity index is 367. The molecule has 0 aromatic heterocycles. The summed E-state index contributed by atoms with van der Waals surface area (Å²) in [4.78, 5) is 14.9. The number of carbonyl (C=O) groups excluding carboxylic acids is 1. The summed E-state index contributed by atoms with van der Waals surface area (Å²) >= 11 is 0. The highest BCUT2D eigenvalue weighted by atomic mass is 16.2. The lowest BCUT2D eigenvalue weighted by Gasteiger charge is -2.35. The Labute approximate surface area is 130 Å². The van der Waals surface area contributed by atoms with E-state index in [-0.39, 0.29) is 16.7 Å². The van der Waals surface area contributed by atoms with E-state index in [0.29, 0.717) is 18.0 Å². The predicted molar refractivity (Wildman–Crippen MR) is 88.2 cm³/mol. The molecule has 3 heteroatoms. The summed E-state index contributed by atoms with van der Waals surface area (Å²) in [5, 5.41) is 3.62. The first-order valence-corrected chi connectivity index (χ1v) is 8.73. The van der Waals surface area contributed by atoms with Crippen molar-refractivity contribution in [3.8, 4) is 0 Å². The van der Waals surface area contributed by atoms with Crippen LogP contribution in [-0.2, 0) is 4.79 Å². The van der Waals surface area contributed by atoms with Gasteiger partial charge in [-0.2, -0.15) is 0 Å². The molecule has 1 amide bonds. The van der Waals surface area contributed by atoms with Gasteiger partial charge in [0.25, 0.3) is 0 Å². The molecule has 21 heavy (non-hydrogen) atoms. The van der Waals surface area contributed by atoms with Gasteiger partial charge in [0.2, 0.25) is 5.91 Å². The lowest BCUT2D eigenvalue weighted by Crippen LogP contribution is -2.44. The smallest absolute Gasteiger partial charge is 0.226 e. The van der Waals surface area contributed by atoms with E-state index in [1.165, 1.54) is 19.3 Å². The first-order chi connectivity index (χ1) is 9.73. The number of rotatable bonds is 5. The highest BCUT2D eigenvalue weighted by molar-refractivity contribution is 5.84. The number of hydrogen-bond donors (Lipinski definition) is 1. The van der Waals surface area contributed by atoms with Crippen LogP contribution in [0.3, 0.4) is 0 Å². The van der Waals surface area contributed by atoms with Crippen LogP contribution in [0.5, 0.6) is 0 Å². The molecule has 2 rings (SSSR count). The minimum absolute atomic E-state index is 0.151. The van der Waals surface area contributed by atoms with Crippen LogP contribution in [0.2, 0.25) is 0 Å². The molecule has 0 saturated heterocycles. The summed E-state index contributed by atoms with van der Waals surface area (Å²) in [5.74, 6) is 0.570. The number of amides is 1. The molecule has 2 saturated carbocycles. The van der Waals surface area contributed by atoms with Gasteiger partial charge in [-0.05, 0) is 49.5 Å². The van der Waals surface area contributed by atoms with Crippen molar-refractivity contribution >= 4 is 5.91 Å². The SMILES string of the molecule is CCCNC1CCC(N(C)C(=O)C2C(C)(C)C2(C)C)CC1. The van der Waals surface area contributed by atoms with Gasteiger partial charge in [-0.1, -0.05) is 34.6 Å². The fraction of sp³-hybridized carbons (Fsp3) is 0.944. The average Bonchev–Trinajstić information content (AvgIpc) is 2.85. The molecule has 2 aliphatic rings. The zero-order valence-corrected chi connectivity index (χ0v) is 14.8.